The van der Waals surface area contributed by atoms with Gasteiger partial charge in [0.25, 0.3) is 0 Å². The molecule has 26 heavy (non-hydrogen) atoms. The van der Waals surface area contributed by atoms with E-state index in [1.165, 1.54) is 12.1 Å². The predicted octanol–water partition coefficient (Wildman–Crippen LogP) is 2.34. The summed E-state index contributed by atoms with van der Waals surface area (Å²) in [6, 6.07) is 9.71. The molecular weight excluding hydrogens is 357 g/mol. The van der Waals surface area contributed by atoms with Gasteiger partial charge in [0.2, 0.25) is 10.0 Å². The standard InChI is InChI=1S/C18H18FN3O3S/c19-13-9-10-14(21-16(13)11-20)12-5-1-4-8-18(12)26(24,25)22-15-6-2-3-7-17(15)23/h1,4-5,8-10,15,17,22-23H,2-3,6-7H2. The van der Waals surface area contributed by atoms with Crippen LogP contribution in [0.4, 0.5) is 4.39 Å². The van der Waals surface area contributed by atoms with Crippen LogP contribution < -0.4 is 4.72 Å². The lowest BCUT2D eigenvalue weighted by Gasteiger charge is -2.28. The Hall–Kier alpha value is -2.34. The molecule has 2 atom stereocenters. The van der Waals surface area contributed by atoms with Crippen molar-refractivity contribution in [2.75, 3.05) is 0 Å². The summed E-state index contributed by atoms with van der Waals surface area (Å²) in [6.07, 6.45) is 2.11. The van der Waals surface area contributed by atoms with Gasteiger partial charge in [-0.25, -0.2) is 22.5 Å². The van der Waals surface area contributed by atoms with E-state index in [4.69, 9.17) is 5.26 Å². The Balaban J connectivity index is 2.00. The molecule has 0 bridgehead atoms. The number of hydrogen-bond acceptors (Lipinski definition) is 5. The predicted molar refractivity (Wildman–Crippen MR) is 92.9 cm³/mol. The number of benzene rings is 1. The van der Waals surface area contributed by atoms with E-state index >= 15 is 0 Å². The van der Waals surface area contributed by atoms with Crippen molar-refractivity contribution in [1.29, 1.82) is 5.26 Å². The van der Waals surface area contributed by atoms with Crippen molar-refractivity contribution in [1.82, 2.24) is 9.71 Å². The van der Waals surface area contributed by atoms with E-state index in [-0.39, 0.29) is 16.2 Å². The topological polar surface area (TPSA) is 103 Å². The molecule has 0 spiro atoms. The molecule has 0 aliphatic heterocycles. The summed E-state index contributed by atoms with van der Waals surface area (Å²) >= 11 is 0. The minimum Gasteiger partial charge on any atom is -0.391 e. The van der Waals surface area contributed by atoms with Gasteiger partial charge in [0, 0.05) is 11.6 Å². The summed E-state index contributed by atoms with van der Waals surface area (Å²) in [7, 11) is -3.93. The number of halogens is 1. The first-order valence-corrected chi connectivity index (χ1v) is 9.77. The number of hydrogen-bond donors (Lipinski definition) is 2. The number of nitrogens with one attached hydrogen (secondary N) is 1. The highest BCUT2D eigenvalue weighted by atomic mass is 32.2. The highest BCUT2D eigenvalue weighted by Gasteiger charge is 2.29. The number of rotatable bonds is 4. The molecule has 2 aromatic rings. The highest BCUT2D eigenvalue weighted by molar-refractivity contribution is 7.89. The third-order valence-electron chi connectivity index (χ3n) is 4.44. The van der Waals surface area contributed by atoms with Crippen molar-refractivity contribution < 1.29 is 17.9 Å². The number of nitriles is 1. The summed E-state index contributed by atoms with van der Waals surface area (Å²) in [6.45, 7) is 0. The minimum atomic E-state index is -3.93. The fraction of sp³-hybridized carbons (Fsp3) is 0.333. The Morgan fingerprint density at radius 2 is 1.92 bits per heavy atom. The summed E-state index contributed by atoms with van der Waals surface area (Å²) in [5.41, 5.74) is 0.0558. The summed E-state index contributed by atoms with van der Waals surface area (Å²) in [5, 5.41) is 19.0. The van der Waals surface area contributed by atoms with Crippen molar-refractivity contribution in [3.63, 3.8) is 0 Å². The molecule has 1 aromatic carbocycles. The third-order valence-corrected chi connectivity index (χ3v) is 5.99. The van der Waals surface area contributed by atoms with E-state index in [0.29, 0.717) is 12.8 Å². The normalized spacial score (nSPS) is 20.5. The zero-order valence-corrected chi connectivity index (χ0v) is 14.7. The number of sulfonamides is 1. The molecule has 0 amide bonds. The van der Waals surface area contributed by atoms with Gasteiger partial charge in [-0.05, 0) is 31.0 Å². The van der Waals surface area contributed by atoms with Gasteiger partial charge < -0.3 is 5.11 Å². The Morgan fingerprint density at radius 1 is 1.19 bits per heavy atom. The van der Waals surface area contributed by atoms with Crippen LogP contribution in [-0.4, -0.2) is 30.7 Å². The third kappa shape index (κ3) is 3.75. The van der Waals surface area contributed by atoms with Gasteiger partial charge in [0.15, 0.2) is 11.5 Å². The average Bonchev–Trinajstić information content (AvgIpc) is 2.64. The Labute approximate surface area is 151 Å². The second-order valence-electron chi connectivity index (χ2n) is 6.21. The molecule has 1 saturated carbocycles. The average molecular weight is 375 g/mol. The van der Waals surface area contributed by atoms with Gasteiger partial charge in [0.05, 0.1) is 16.7 Å². The van der Waals surface area contributed by atoms with Crippen molar-refractivity contribution in [3.05, 3.63) is 47.9 Å². The van der Waals surface area contributed by atoms with Gasteiger partial charge in [-0.3, -0.25) is 0 Å². The molecular formula is C18H18FN3O3S. The lowest BCUT2D eigenvalue weighted by Crippen LogP contribution is -2.45. The number of aliphatic hydroxyl groups is 1. The van der Waals surface area contributed by atoms with Crippen LogP contribution in [0.15, 0.2) is 41.3 Å². The first-order valence-electron chi connectivity index (χ1n) is 8.29. The van der Waals surface area contributed by atoms with E-state index < -0.39 is 33.7 Å². The Bertz CT molecular complexity index is 956. The molecule has 1 aliphatic carbocycles. The fourth-order valence-corrected chi connectivity index (χ4v) is 4.61. The Kier molecular flexibility index (Phi) is 5.32. The zero-order chi connectivity index (χ0) is 18.7. The van der Waals surface area contributed by atoms with Gasteiger partial charge in [0.1, 0.15) is 6.07 Å². The molecule has 1 aliphatic rings. The maximum atomic E-state index is 13.5. The Morgan fingerprint density at radius 3 is 2.65 bits per heavy atom. The van der Waals surface area contributed by atoms with Gasteiger partial charge >= 0.3 is 0 Å². The SMILES string of the molecule is N#Cc1nc(-c2ccccc2S(=O)(=O)NC2CCCCC2O)ccc1F. The van der Waals surface area contributed by atoms with E-state index in [0.717, 1.165) is 18.9 Å². The second-order valence-corrected chi connectivity index (χ2v) is 7.90. The number of pyridine rings is 1. The van der Waals surface area contributed by atoms with Crippen LogP contribution in [0.1, 0.15) is 31.4 Å². The number of aromatic nitrogens is 1. The van der Waals surface area contributed by atoms with Crippen LogP contribution in [0.2, 0.25) is 0 Å². The molecule has 0 radical (unpaired) electrons. The van der Waals surface area contributed by atoms with Crippen LogP contribution in [0.5, 0.6) is 0 Å². The van der Waals surface area contributed by atoms with E-state index in [1.807, 2.05) is 0 Å². The van der Waals surface area contributed by atoms with Gasteiger partial charge in [-0.15, -0.1) is 0 Å². The van der Waals surface area contributed by atoms with Crippen molar-refractivity contribution in [2.45, 2.75) is 42.7 Å². The monoisotopic (exact) mass is 375 g/mol. The molecule has 1 aromatic heterocycles. The van der Waals surface area contributed by atoms with Crippen molar-refractivity contribution >= 4 is 10.0 Å². The second kappa shape index (κ2) is 7.50. The van der Waals surface area contributed by atoms with E-state index in [1.54, 1.807) is 24.3 Å². The molecule has 8 heteroatoms. The van der Waals surface area contributed by atoms with Crippen molar-refractivity contribution in [2.24, 2.45) is 0 Å². The van der Waals surface area contributed by atoms with E-state index in [9.17, 15) is 17.9 Å². The molecule has 2 N–H and O–H groups in total. The molecule has 2 unspecified atom stereocenters. The van der Waals surface area contributed by atoms with Crippen LogP contribution in [0, 0.1) is 17.1 Å². The fourth-order valence-electron chi connectivity index (χ4n) is 3.09. The summed E-state index contributed by atoms with van der Waals surface area (Å²) < 4.78 is 41.8. The zero-order valence-electron chi connectivity index (χ0n) is 13.9. The minimum absolute atomic E-state index is 0.0271. The maximum Gasteiger partial charge on any atom is 0.241 e. The van der Waals surface area contributed by atoms with Gasteiger partial charge in [-0.2, -0.15) is 5.26 Å². The molecule has 6 nitrogen and oxygen atoms in total. The lowest BCUT2D eigenvalue weighted by molar-refractivity contribution is 0.101. The molecule has 136 valence electrons. The van der Waals surface area contributed by atoms with Gasteiger partial charge in [-0.1, -0.05) is 31.0 Å². The van der Waals surface area contributed by atoms with Crippen LogP contribution in [-0.2, 0) is 10.0 Å². The number of nitrogens with zero attached hydrogens (tertiary/aromatic N) is 2. The molecule has 1 heterocycles. The van der Waals surface area contributed by atoms with Crippen molar-refractivity contribution in [3.8, 4) is 17.3 Å². The molecule has 0 saturated heterocycles. The lowest BCUT2D eigenvalue weighted by atomic mass is 9.93. The van der Waals surface area contributed by atoms with Crippen LogP contribution in [0.25, 0.3) is 11.3 Å². The summed E-state index contributed by atoms with van der Waals surface area (Å²) in [5.74, 6) is -0.764. The van der Waals surface area contributed by atoms with Crippen LogP contribution >= 0.6 is 0 Å². The maximum absolute atomic E-state index is 13.5. The van der Waals surface area contributed by atoms with E-state index in [2.05, 4.69) is 9.71 Å². The highest BCUT2D eigenvalue weighted by Crippen LogP contribution is 2.28. The molecule has 1 fully saturated rings. The first kappa shape index (κ1) is 18.5. The largest absolute Gasteiger partial charge is 0.391 e. The number of aliphatic hydroxyl groups excluding tert-OH is 1. The first-order chi connectivity index (χ1) is 12.4. The summed E-state index contributed by atoms with van der Waals surface area (Å²) in [4.78, 5) is 3.89. The smallest absolute Gasteiger partial charge is 0.241 e. The van der Waals surface area contributed by atoms with Crippen LogP contribution in [0.3, 0.4) is 0 Å². The quantitative estimate of drug-likeness (QED) is 0.854. The molecule has 3 rings (SSSR count).